The summed E-state index contributed by atoms with van der Waals surface area (Å²) in [6.45, 7) is 0. The van der Waals surface area contributed by atoms with Gasteiger partial charge in [0, 0.05) is 16.9 Å². The van der Waals surface area contributed by atoms with Crippen molar-refractivity contribution in [3.63, 3.8) is 0 Å². The number of ketones is 1. The van der Waals surface area contributed by atoms with E-state index in [1.165, 1.54) is 48.5 Å². The van der Waals surface area contributed by atoms with E-state index in [4.69, 9.17) is 22.9 Å². The molecule has 0 aromatic heterocycles. The molecule has 4 aromatic rings. The minimum atomic E-state index is -4.98. The van der Waals surface area contributed by atoms with Crippen LogP contribution in [0.2, 0.25) is 0 Å². The van der Waals surface area contributed by atoms with Crippen molar-refractivity contribution in [2.24, 2.45) is 25.6 Å². The van der Waals surface area contributed by atoms with Crippen LogP contribution >= 0.6 is 0 Å². The summed E-state index contributed by atoms with van der Waals surface area (Å²) in [6, 6.07) is 16.5. The van der Waals surface area contributed by atoms with Gasteiger partial charge in [-0.25, -0.2) is 0 Å². The lowest BCUT2D eigenvalue weighted by Gasteiger charge is -2.16. The van der Waals surface area contributed by atoms with Crippen molar-refractivity contribution >= 4 is 89.0 Å². The predicted octanol–water partition coefficient (Wildman–Crippen LogP) is 4.99. The van der Waals surface area contributed by atoms with Crippen molar-refractivity contribution in [1.29, 1.82) is 0 Å². The van der Waals surface area contributed by atoms with Gasteiger partial charge < -0.3 is 22.9 Å². The summed E-state index contributed by atoms with van der Waals surface area (Å²) in [7, 11) is -9.86. The monoisotopic (exact) mass is 676 g/mol. The van der Waals surface area contributed by atoms with Crippen molar-refractivity contribution < 1.29 is 30.7 Å². The summed E-state index contributed by atoms with van der Waals surface area (Å²) in [5, 5.41) is 19.8. The van der Waals surface area contributed by atoms with Gasteiger partial charge in [0.25, 0.3) is 20.2 Å². The molecule has 19 heteroatoms. The summed E-state index contributed by atoms with van der Waals surface area (Å²) < 4.78 is 68.5. The van der Waals surface area contributed by atoms with Crippen LogP contribution in [0.1, 0.15) is 15.9 Å². The second kappa shape index (κ2) is 12.4. The third-order valence-electron chi connectivity index (χ3n) is 6.47. The average Bonchev–Trinajstić information content (AvgIpc) is 2.99. The highest BCUT2D eigenvalue weighted by Crippen LogP contribution is 2.33. The Morgan fingerprint density at radius 1 is 0.638 bits per heavy atom. The van der Waals surface area contributed by atoms with Gasteiger partial charge in [0.15, 0.2) is 5.71 Å². The van der Waals surface area contributed by atoms with Gasteiger partial charge >= 0.3 is 0 Å². The number of benzene rings is 4. The van der Waals surface area contributed by atoms with Crippen molar-refractivity contribution in [2.45, 2.75) is 4.90 Å². The number of hydrogen-bond acceptors (Lipinski definition) is 15. The molecule has 240 valence electrons. The lowest BCUT2D eigenvalue weighted by molar-refractivity contribution is 0.106. The van der Waals surface area contributed by atoms with Gasteiger partial charge in [0.2, 0.25) is 5.78 Å². The number of hydrogen-bond donors (Lipinski definition) is 7. The second-order valence-corrected chi connectivity index (χ2v) is 12.6. The molecule has 17 nitrogen and oxygen atoms in total. The third kappa shape index (κ3) is 7.28. The maximum absolute atomic E-state index is 13.5. The molecule has 0 radical (unpaired) electrons. The van der Waals surface area contributed by atoms with E-state index in [0.29, 0.717) is 17.1 Å². The zero-order chi connectivity index (χ0) is 34.1. The molecule has 5 rings (SSSR count). The van der Waals surface area contributed by atoms with E-state index < -0.39 is 41.5 Å². The van der Waals surface area contributed by atoms with Gasteiger partial charge in [-0.3, -0.25) is 19.3 Å². The van der Waals surface area contributed by atoms with E-state index in [1.807, 2.05) is 0 Å². The lowest BCUT2D eigenvalue weighted by Crippen LogP contribution is -2.27. The minimum absolute atomic E-state index is 0.0315. The predicted molar refractivity (Wildman–Crippen MR) is 176 cm³/mol. The number of hydrazone groups is 1. The molecule has 0 spiro atoms. The van der Waals surface area contributed by atoms with Gasteiger partial charge in [0.05, 0.1) is 22.7 Å². The Kier molecular flexibility index (Phi) is 8.54. The highest BCUT2D eigenvalue weighted by Gasteiger charge is 2.33. The van der Waals surface area contributed by atoms with E-state index in [1.54, 1.807) is 12.1 Å². The molecule has 11 N–H and O–H groups in total. The molecule has 0 fully saturated rings. The van der Waals surface area contributed by atoms with Gasteiger partial charge in [0.1, 0.15) is 26.9 Å². The smallest absolute Gasteiger partial charge is 0.296 e. The molecule has 1 aliphatic carbocycles. The summed E-state index contributed by atoms with van der Waals surface area (Å²) in [5.74, 6) is -0.923. The Labute approximate surface area is 266 Å². The Hall–Kier alpha value is -6.02. The molecule has 1 aliphatic rings. The number of fused-ring (bicyclic) bond motifs is 1. The number of nitrogens with one attached hydrogen (secondary N) is 1. The number of azo groups is 2. The van der Waals surface area contributed by atoms with Crippen LogP contribution in [-0.2, 0) is 20.2 Å². The number of allylic oxidation sites excluding steroid dienone is 1. The highest BCUT2D eigenvalue weighted by molar-refractivity contribution is 7.91. The number of nitrogens with zero attached hydrogens (tertiary/aromatic N) is 5. The van der Waals surface area contributed by atoms with Gasteiger partial charge in [-0.05, 0) is 78.4 Å². The van der Waals surface area contributed by atoms with Crippen LogP contribution in [0.25, 0.3) is 6.08 Å². The zero-order valence-electron chi connectivity index (χ0n) is 23.8. The van der Waals surface area contributed by atoms with Crippen LogP contribution in [0.3, 0.4) is 0 Å². The number of anilines is 5. The quantitative estimate of drug-likeness (QED) is 0.0562. The summed E-state index contributed by atoms with van der Waals surface area (Å²) in [4.78, 5) is 12.0. The third-order valence-corrected chi connectivity index (χ3v) is 8.22. The average molecular weight is 677 g/mol. The number of Topliss-reactive ketones (excluding diaryl/α,β-unsaturated/α-hetero) is 1. The molecular weight excluding hydrogens is 653 g/mol. The Morgan fingerprint density at radius 3 is 1.79 bits per heavy atom. The van der Waals surface area contributed by atoms with Crippen LogP contribution in [0.5, 0.6) is 0 Å². The molecular formula is C28H24N10O7S2. The molecule has 0 aliphatic heterocycles. The van der Waals surface area contributed by atoms with Crippen LogP contribution in [-0.4, -0.2) is 37.4 Å². The fourth-order valence-electron chi connectivity index (χ4n) is 4.22. The van der Waals surface area contributed by atoms with Gasteiger partial charge in [-0.15, -0.1) is 15.3 Å². The summed E-state index contributed by atoms with van der Waals surface area (Å²) in [6.07, 6.45) is 1.03. The molecule has 0 bridgehead atoms. The summed E-state index contributed by atoms with van der Waals surface area (Å²) in [5.41, 5.74) is 26.4. The standard InChI is InChI=1S/C28H24N10O7S2/c29-15-2-6-22(20(31)10-15)35-33-17-4-1-14-9-26(47(43,44)45)27(28(39)19(14)12-17)38-34-18-5-8-24(25(13-18)46(40,41)42)37-36-23-7-3-16(30)11-21(23)32/h1-13,34H,29-32H2,(H,40,41,42)(H,43,44,45)/b35-33+,37-36+,38-27-. The Morgan fingerprint density at radius 2 is 1.21 bits per heavy atom. The number of carbonyl (C=O) groups excluding carboxylic acids is 1. The number of nitrogens with two attached hydrogens (primary N) is 4. The normalized spacial score (nSPS) is 14.5. The Bertz CT molecular complexity index is 2300. The number of nitrogen functional groups attached to an aromatic ring is 4. The highest BCUT2D eigenvalue weighted by atomic mass is 32.2. The van der Waals surface area contributed by atoms with Crippen LogP contribution in [0.15, 0.2) is 108 Å². The largest absolute Gasteiger partial charge is 0.399 e. The first kappa shape index (κ1) is 32.4. The number of carbonyl (C=O) groups is 1. The van der Waals surface area contributed by atoms with E-state index in [2.05, 4.69) is 31.0 Å². The van der Waals surface area contributed by atoms with Crippen LogP contribution in [0.4, 0.5) is 51.2 Å². The molecule has 0 atom stereocenters. The van der Waals surface area contributed by atoms with E-state index in [9.17, 15) is 30.7 Å². The first-order valence-corrected chi connectivity index (χ1v) is 16.0. The maximum atomic E-state index is 13.5. The van der Waals surface area contributed by atoms with Crippen molar-refractivity contribution in [3.05, 3.63) is 88.8 Å². The van der Waals surface area contributed by atoms with E-state index in [-0.39, 0.29) is 45.3 Å². The lowest BCUT2D eigenvalue weighted by atomic mass is 9.94. The fourth-order valence-corrected chi connectivity index (χ4v) is 5.53. The summed E-state index contributed by atoms with van der Waals surface area (Å²) >= 11 is 0. The van der Waals surface area contributed by atoms with Crippen molar-refractivity contribution in [2.75, 3.05) is 28.4 Å². The maximum Gasteiger partial charge on any atom is 0.296 e. The molecule has 0 amide bonds. The number of rotatable bonds is 8. The zero-order valence-corrected chi connectivity index (χ0v) is 25.4. The van der Waals surface area contributed by atoms with Crippen molar-refractivity contribution in [3.8, 4) is 0 Å². The molecule has 47 heavy (non-hydrogen) atoms. The van der Waals surface area contributed by atoms with Crippen LogP contribution in [0, 0.1) is 0 Å². The first-order chi connectivity index (χ1) is 22.1. The SMILES string of the molecule is Nc1ccc(/N=N/c2ccc3c(c2)C(=O)/C(=N\Nc2ccc(/N=N/c4ccc(N)cc4N)c(S(=O)(=O)O)c2)C(S(=O)(=O)O)=C3)c(N)c1. The van der Waals surface area contributed by atoms with Gasteiger partial charge in [-0.1, -0.05) is 6.07 Å². The molecule has 0 saturated heterocycles. The molecule has 0 saturated carbocycles. The van der Waals surface area contributed by atoms with E-state index >= 15 is 0 Å². The van der Waals surface area contributed by atoms with Crippen LogP contribution < -0.4 is 28.4 Å². The Balaban J connectivity index is 1.48. The van der Waals surface area contributed by atoms with Gasteiger partial charge in [-0.2, -0.15) is 27.1 Å². The fraction of sp³-hybridized carbons (Fsp3) is 0. The minimum Gasteiger partial charge on any atom is -0.399 e. The van der Waals surface area contributed by atoms with Crippen molar-refractivity contribution in [1.82, 2.24) is 0 Å². The topological polar surface area (TPSA) is 304 Å². The second-order valence-electron chi connectivity index (χ2n) is 9.85. The molecule has 0 unspecified atom stereocenters. The molecule has 0 heterocycles. The van der Waals surface area contributed by atoms with E-state index in [0.717, 1.165) is 18.2 Å². The molecule has 4 aromatic carbocycles. The first-order valence-electron chi connectivity index (χ1n) is 13.1.